The van der Waals surface area contributed by atoms with E-state index in [0.717, 1.165) is 0 Å². The molecule has 1 aromatic rings. The number of carboxylic acids is 1. The summed E-state index contributed by atoms with van der Waals surface area (Å²) < 4.78 is 0. The Morgan fingerprint density at radius 2 is 2.21 bits per heavy atom. The van der Waals surface area contributed by atoms with Crippen LogP contribution in [0.3, 0.4) is 0 Å². The molecule has 0 aliphatic heterocycles. The zero-order valence-electron chi connectivity index (χ0n) is 7.60. The molecule has 4 nitrogen and oxygen atoms in total. The number of hydrogen-bond donors (Lipinski definition) is 3. The molecule has 0 amide bonds. The Balaban J connectivity index is 3.19. The van der Waals surface area contributed by atoms with E-state index >= 15 is 0 Å². The molecule has 0 unspecified atom stereocenters. The van der Waals surface area contributed by atoms with Crippen LogP contribution in [0.5, 0.6) is 0 Å². The zero-order chi connectivity index (χ0) is 10.7. The Bertz CT molecular complexity index is 374. The van der Waals surface area contributed by atoms with E-state index in [1.54, 1.807) is 6.07 Å². The lowest BCUT2D eigenvalue weighted by atomic mass is 10.0. The third-order valence-corrected chi connectivity index (χ3v) is 1.95. The quantitative estimate of drug-likeness (QED) is 0.495. The molecule has 1 aromatic carbocycles. The molecular weight excluding hydrogens is 180 g/mol. The number of aromatic carboxylic acids is 1. The molecule has 0 radical (unpaired) electrons. The number of nitrogens with two attached hydrogens (primary N) is 2. The first-order valence-corrected chi connectivity index (χ1v) is 4.07. The number of anilines is 1. The lowest BCUT2D eigenvalue weighted by Gasteiger charge is -2.08. The molecule has 74 valence electrons. The van der Waals surface area contributed by atoms with E-state index in [-0.39, 0.29) is 17.3 Å². The third kappa shape index (κ3) is 1.92. The summed E-state index contributed by atoms with van der Waals surface area (Å²) in [6, 6.07) is 4.31. The topological polar surface area (TPSA) is 89.3 Å². The third-order valence-electron chi connectivity index (χ3n) is 1.95. The van der Waals surface area contributed by atoms with Crippen molar-refractivity contribution in [3.63, 3.8) is 0 Å². The Morgan fingerprint density at radius 3 is 2.71 bits per heavy atom. The van der Waals surface area contributed by atoms with Crippen LogP contribution in [0.25, 0.3) is 0 Å². The molecular formula is C10H12N2O2. The van der Waals surface area contributed by atoms with Gasteiger partial charge >= 0.3 is 5.97 Å². The van der Waals surface area contributed by atoms with E-state index in [4.69, 9.17) is 16.6 Å². The van der Waals surface area contributed by atoms with Gasteiger partial charge in [0.2, 0.25) is 0 Å². The Morgan fingerprint density at radius 1 is 1.57 bits per heavy atom. The monoisotopic (exact) mass is 192 g/mol. The fourth-order valence-electron chi connectivity index (χ4n) is 1.10. The maximum atomic E-state index is 10.7. The van der Waals surface area contributed by atoms with Gasteiger partial charge in [-0.25, -0.2) is 4.79 Å². The van der Waals surface area contributed by atoms with E-state index in [0.29, 0.717) is 5.56 Å². The van der Waals surface area contributed by atoms with Crippen molar-refractivity contribution < 1.29 is 9.90 Å². The molecule has 0 spiro atoms. The molecule has 0 heterocycles. The fraction of sp³-hybridized carbons (Fsp3) is 0.100. The number of benzene rings is 1. The molecule has 1 atom stereocenters. The van der Waals surface area contributed by atoms with Crippen molar-refractivity contribution in [1.29, 1.82) is 0 Å². The molecule has 4 heteroatoms. The minimum Gasteiger partial charge on any atom is -0.478 e. The van der Waals surface area contributed by atoms with E-state index in [9.17, 15) is 4.79 Å². The van der Waals surface area contributed by atoms with Crippen LogP contribution in [0.1, 0.15) is 22.0 Å². The van der Waals surface area contributed by atoms with Crippen molar-refractivity contribution in [2.75, 3.05) is 5.73 Å². The molecule has 0 aliphatic carbocycles. The minimum atomic E-state index is -1.05. The second-order valence-corrected chi connectivity index (χ2v) is 2.91. The van der Waals surface area contributed by atoms with Gasteiger partial charge in [0.05, 0.1) is 5.56 Å². The van der Waals surface area contributed by atoms with Gasteiger partial charge in [0.15, 0.2) is 0 Å². The predicted molar refractivity (Wildman–Crippen MR) is 54.9 cm³/mol. The Labute approximate surface area is 81.8 Å². The standard InChI is InChI=1S/C10H12N2O2/c1-2-8(11)6-3-4-9(12)7(5-6)10(13)14/h2-5,8H,1,11-12H2,(H,13,14)/t8-/m0/s1. The highest BCUT2D eigenvalue weighted by Crippen LogP contribution is 2.18. The van der Waals surface area contributed by atoms with Gasteiger partial charge in [-0.05, 0) is 17.7 Å². The van der Waals surface area contributed by atoms with Gasteiger partial charge in [-0.1, -0.05) is 12.1 Å². The maximum absolute atomic E-state index is 10.7. The summed E-state index contributed by atoms with van der Waals surface area (Å²) in [4.78, 5) is 10.7. The fourth-order valence-corrected chi connectivity index (χ4v) is 1.10. The maximum Gasteiger partial charge on any atom is 0.337 e. The second-order valence-electron chi connectivity index (χ2n) is 2.91. The van der Waals surface area contributed by atoms with Crippen molar-refractivity contribution in [3.05, 3.63) is 42.0 Å². The van der Waals surface area contributed by atoms with E-state index in [1.165, 1.54) is 18.2 Å². The molecule has 0 bridgehead atoms. The molecule has 5 N–H and O–H groups in total. The van der Waals surface area contributed by atoms with Crippen molar-refractivity contribution >= 4 is 11.7 Å². The summed E-state index contributed by atoms with van der Waals surface area (Å²) in [5.41, 5.74) is 12.1. The smallest absolute Gasteiger partial charge is 0.337 e. The lowest BCUT2D eigenvalue weighted by Crippen LogP contribution is -2.09. The van der Waals surface area contributed by atoms with Gasteiger partial charge in [0.1, 0.15) is 0 Å². The summed E-state index contributed by atoms with van der Waals surface area (Å²) in [5, 5.41) is 8.80. The summed E-state index contributed by atoms with van der Waals surface area (Å²) in [6.07, 6.45) is 1.54. The second kappa shape index (κ2) is 3.93. The van der Waals surface area contributed by atoms with Crippen LogP contribution in [0.4, 0.5) is 5.69 Å². The van der Waals surface area contributed by atoms with Gasteiger partial charge in [-0.2, -0.15) is 0 Å². The van der Waals surface area contributed by atoms with E-state index in [1.807, 2.05) is 0 Å². The van der Waals surface area contributed by atoms with Crippen LogP contribution in [0.15, 0.2) is 30.9 Å². The number of carboxylic acid groups (broad SMARTS) is 1. The SMILES string of the molecule is C=C[C@H](N)c1ccc(N)c(C(=O)O)c1. The number of nitrogen functional groups attached to an aromatic ring is 1. The van der Waals surface area contributed by atoms with E-state index < -0.39 is 5.97 Å². The molecule has 0 aliphatic rings. The number of hydrogen-bond acceptors (Lipinski definition) is 3. The first kappa shape index (κ1) is 10.3. The molecule has 0 fully saturated rings. The molecule has 14 heavy (non-hydrogen) atoms. The van der Waals surface area contributed by atoms with Crippen LogP contribution in [-0.4, -0.2) is 11.1 Å². The van der Waals surface area contributed by atoms with Crippen molar-refractivity contribution in [2.45, 2.75) is 6.04 Å². The summed E-state index contributed by atoms with van der Waals surface area (Å²) in [6.45, 7) is 3.53. The Kier molecular flexibility index (Phi) is 2.89. The molecule has 0 aromatic heterocycles. The number of carbonyl (C=O) groups is 1. The van der Waals surface area contributed by atoms with E-state index in [2.05, 4.69) is 6.58 Å². The van der Waals surface area contributed by atoms with Gasteiger partial charge in [0, 0.05) is 11.7 Å². The lowest BCUT2D eigenvalue weighted by molar-refractivity contribution is 0.0698. The predicted octanol–water partition coefficient (Wildman–Crippen LogP) is 1.15. The average molecular weight is 192 g/mol. The van der Waals surface area contributed by atoms with Gasteiger partial charge in [-0.15, -0.1) is 6.58 Å². The first-order chi connectivity index (χ1) is 6.56. The van der Waals surface area contributed by atoms with Gasteiger partial charge < -0.3 is 16.6 Å². The van der Waals surface area contributed by atoms with Crippen molar-refractivity contribution in [2.24, 2.45) is 5.73 Å². The Hall–Kier alpha value is -1.81. The summed E-state index contributed by atoms with van der Waals surface area (Å²) in [7, 11) is 0. The van der Waals surface area contributed by atoms with Gasteiger partial charge in [0.25, 0.3) is 0 Å². The van der Waals surface area contributed by atoms with Crippen LogP contribution < -0.4 is 11.5 Å². The molecule has 0 saturated heterocycles. The van der Waals surface area contributed by atoms with Crippen molar-refractivity contribution in [3.8, 4) is 0 Å². The van der Waals surface area contributed by atoms with Crippen LogP contribution >= 0.6 is 0 Å². The zero-order valence-corrected chi connectivity index (χ0v) is 7.60. The summed E-state index contributed by atoms with van der Waals surface area (Å²) in [5.74, 6) is -1.05. The van der Waals surface area contributed by atoms with Gasteiger partial charge in [-0.3, -0.25) is 0 Å². The largest absolute Gasteiger partial charge is 0.478 e. The van der Waals surface area contributed by atoms with Crippen LogP contribution in [0, 0.1) is 0 Å². The normalized spacial score (nSPS) is 12.1. The number of rotatable bonds is 3. The first-order valence-electron chi connectivity index (χ1n) is 4.07. The minimum absolute atomic E-state index is 0.0693. The molecule has 0 saturated carbocycles. The summed E-state index contributed by atoms with van der Waals surface area (Å²) >= 11 is 0. The highest BCUT2D eigenvalue weighted by molar-refractivity contribution is 5.93. The highest BCUT2D eigenvalue weighted by atomic mass is 16.4. The average Bonchev–Trinajstić information content (AvgIpc) is 2.17. The van der Waals surface area contributed by atoms with Crippen LogP contribution in [0.2, 0.25) is 0 Å². The van der Waals surface area contributed by atoms with Crippen molar-refractivity contribution in [1.82, 2.24) is 0 Å². The highest BCUT2D eigenvalue weighted by Gasteiger charge is 2.10. The molecule has 1 rings (SSSR count). The van der Waals surface area contributed by atoms with Crippen LogP contribution in [-0.2, 0) is 0 Å².